The number of likely N-dealkylation sites (tertiary alicyclic amines) is 1. The number of unbranched alkanes of at least 4 members (excludes halogenated alkanes) is 1. The molecule has 2 saturated heterocycles. The van der Waals surface area contributed by atoms with Gasteiger partial charge in [0.15, 0.2) is 5.96 Å². The summed E-state index contributed by atoms with van der Waals surface area (Å²) in [5.41, 5.74) is 24.9. The van der Waals surface area contributed by atoms with E-state index in [0.29, 0.717) is 47.0 Å². The largest absolute Gasteiger partial charge is 0.481 e. The van der Waals surface area contributed by atoms with Crippen molar-refractivity contribution in [1.82, 2.24) is 67.7 Å². The average Bonchev–Trinajstić information content (AvgIpc) is 1.64. The number of aliphatic carboxylic acids is 1. The summed E-state index contributed by atoms with van der Waals surface area (Å²) in [6.07, 6.45) is 3.91. The van der Waals surface area contributed by atoms with E-state index in [-0.39, 0.29) is 88.0 Å². The zero-order valence-corrected chi connectivity index (χ0v) is 54.2. The second-order valence-electron chi connectivity index (χ2n) is 23.3. The van der Waals surface area contributed by atoms with Crippen LogP contribution in [0.4, 0.5) is 0 Å². The average molecular weight is 1340 g/mol. The minimum Gasteiger partial charge on any atom is -0.481 e. The van der Waals surface area contributed by atoms with Crippen LogP contribution in [0.2, 0.25) is 0 Å². The summed E-state index contributed by atoms with van der Waals surface area (Å²) in [7, 11) is 1.90. The zero-order chi connectivity index (χ0) is 68.4. The summed E-state index contributed by atoms with van der Waals surface area (Å²) in [5, 5.41) is 34.7. The van der Waals surface area contributed by atoms with Crippen LogP contribution >= 0.6 is 21.6 Å². The molecule has 2 fully saturated rings. The summed E-state index contributed by atoms with van der Waals surface area (Å²) in [5.74, 6) is -11.8. The first-order valence-corrected chi connectivity index (χ1v) is 33.5. The molecule has 0 saturated carbocycles. The Morgan fingerprint density at radius 2 is 1.33 bits per heavy atom. The first-order valence-electron chi connectivity index (χ1n) is 31.0. The number of imidazole rings is 1. The minimum atomic E-state index is -1.64. The predicted octanol–water partition coefficient (Wildman–Crippen LogP) is -2.12. The lowest BCUT2D eigenvalue weighted by Crippen LogP contribution is -2.61. The molecule has 31 nitrogen and oxygen atoms in total. The minimum absolute atomic E-state index is 0.0123. The number of aromatic nitrogens is 3. The molecule has 33 heteroatoms. The number of guanidine groups is 1. The second kappa shape index (κ2) is 36.9. The maximum absolute atomic E-state index is 15.3. The molecular weight excluding hydrogens is 1260 g/mol. The van der Waals surface area contributed by atoms with Gasteiger partial charge in [-0.05, 0) is 81.0 Å². The Kier molecular flexibility index (Phi) is 28.9. The fourth-order valence-electron chi connectivity index (χ4n) is 10.7. The predicted molar refractivity (Wildman–Crippen MR) is 351 cm³/mol. The number of aliphatic imine (C=N–C) groups is 1. The van der Waals surface area contributed by atoms with E-state index in [4.69, 9.17) is 22.9 Å². The number of para-hydroxylation sites is 1. The van der Waals surface area contributed by atoms with Crippen molar-refractivity contribution in [3.05, 3.63) is 90.1 Å². The third-order valence-electron chi connectivity index (χ3n) is 15.7. The summed E-state index contributed by atoms with van der Waals surface area (Å²) in [4.78, 5) is 185. The summed E-state index contributed by atoms with van der Waals surface area (Å²) in [6.45, 7) is 4.87. The number of primary amides is 1. The summed E-state index contributed by atoms with van der Waals surface area (Å²) >= 11 is 0. The van der Waals surface area contributed by atoms with Gasteiger partial charge < -0.3 is 90.8 Å². The number of H-pyrrole nitrogens is 2. The Balaban J connectivity index is 1.45. The summed E-state index contributed by atoms with van der Waals surface area (Å²) < 4.78 is 0. The van der Waals surface area contributed by atoms with Crippen LogP contribution in [0.3, 0.4) is 0 Å². The molecule has 510 valence electrons. The van der Waals surface area contributed by atoms with Gasteiger partial charge in [-0.2, -0.15) is 0 Å². The first-order chi connectivity index (χ1) is 44.9. The molecule has 0 unspecified atom stereocenters. The quantitative estimate of drug-likeness (QED) is 0.0146. The highest BCUT2D eigenvalue weighted by Crippen LogP contribution is 2.26. The van der Waals surface area contributed by atoms with Crippen LogP contribution in [0, 0.1) is 5.92 Å². The third-order valence-corrected chi connectivity index (χ3v) is 18.1. The standard InChI is InChI=1S/C61H86N18O13S2/c1-33(2)50(51(63)83)78-59(91)48-19-12-24-79(48)60(92)42(17-9-10-22-62)73-58(90)47-31-94-93-30-46(70-34(3)80)57(89)72-41(20-21-49(81)82)53(85)76-45(27-37-29-66-32-69-37)56(88)74-43(25-35-13-5-4-6-14-35)54(86)71-40(18-11-23-67-61(64)65)52(84)75-44(55(87)77-47)26-36-28-68-39-16-8-7-15-38(36)39/h4-8,13-16,28-29,32-33,40-48,50,68H,9-12,17-27,30-31,62H2,1-3H3,(H2,63,83)(H,66,69)(H,70,80)(H,71,86)(H,72,89)(H,73,90)(H,74,88)(H,75,84)(H,76,85)(H,77,87)(H,78,91)(H,81,82)(H4,64,65,67)/t40-,41+,42+,43+,44+,45-,46+,47+,48+,50+/m0/s1. The molecule has 11 amide bonds. The van der Waals surface area contributed by atoms with Gasteiger partial charge in [0.05, 0.1) is 6.33 Å². The lowest BCUT2D eigenvalue weighted by molar-refractivity contribution is -0.142. The number of nitrogens with two attached hydrogens (primary N) is 4. The Hall–Kier alpha value is -9.24. The van der Waals surface area contributed by atoms with Crippen LogP contribution in [0.1, 0.15) is 95.4 Å². The molecule has 94 heavy (non-hydrogen) atoms. The van der Waals surface area contributed by atoms with Crippen molar-refractivity contribution < 1.29 is 62.6 Å². The van der Waals surface area contributed by atoms with Gasteiger partial charge in [0.1, 0.15) is 60.4 Å². The fourth-order valence-corrected chi connectivity index (χ4v) is 13.1. The molecule has 0 radical (unpaired) electrons. The second-order valence-corrected chi connectivity index (χ2v) is 25.8. The van der Waals surface area contributed by atoms with Crippen molar-refractivity contribution >= 4 is 109 Å². The number of rotatable bonds is 25. The molecular formula is C61H86N18O13S2. The first kappa shape index (κ1) is 73.8. The molecule has 0 bridgehead atoms. The van der Waals surface area contributed by atoms with E-state index in [9.17, 15) is 48.3 Å². The van der Waals surface area contributed by atoms with Gasteiger partial charge in [-0.15, -0.1) is 0 Å². The van der Waals surface area contributed by atoms with Crippen molar-refractivity contribution in [1.29, 1.82) is 0 Å². The van der Waals surface area contributed by atoms with Crippen molar-refractivity contribution in [3.8, 4) is 0 Å². The molecule has 2 aromatic carbocycles. The van der Waals surface area contributed by atoms with E-state index in [2.05, 4.69) is 67.8 Å². The van der Waals surface area contributed by atoms with Crippen LogP contribution < -0.4 is 70.8 Å². The van der Waals surface area contributed by atoms with Crippen molar-refractivity contribution in [3.63, 3.8) is 0 Å². The lowest BCUT2D eigenvalue weighted by atomic mass is 10.0. The Morgan fingerprint density at radius 1 is 0.713 bits per heavy atom. The van der Waals surface area contributed by atoms with Crippen molar-refractivity contribution in [2.75, 3.05) is 31.1 Å². The SMILES string of the molecule is CC(=O)N[C@@H]1CSSC[C@H](C(=O)N[C@H](CCCCN)C(=O)N2CCC[C@@H]2C(=O)N[C@@H](C(N)=O)C(C)C)NC(=O)[C@@H](Cc2c[nH]c3ccccc23)NC(=O)[C@H](CCCN=C(N)N)NC(=O)[C@@H](Cc2ccccc2)NC(=O)[C@H](Cc2cnc[nH]2)NC(=O)[C@@H](CCC(=O)O)NC1=O. The van der Waals surface area contributed by atoms with Crippen LogP contribution in [0.25, 0.3) is 10.9 Å². The van der Waals surface area contributed by atoms with Gasteiger partial charge in [0.25, 0.3) is 0 Å². The number of nitrogens with zero attached hydrogens (tertiary/aromatic N) is 3. The molecule has 6 rings (SSSR count). The summed E-state index contributed by atoms with van der Waals surface area (Å²) in [6, 6.07) is 1.60. The number of carboxylic acids is 1. The highest BCUT2D eigenvalue weighted by molar-refractivity contribution is 8.76. The zero-order valence-electron chi connectivity index (χ0n) is 52.6. The number of hydrogen-bond donors (Lipinski definition) is 16. The third kappa shape index (κ3) is 22.8. The van der Waals surface area contributed by atoms with E-state index >= 15 is 14.4 Å². The number of amides is 11. The van der Waals surface area contributed by atoms with Gasteiger partial charge in [0.2, 0.25) is 65.0 Å². The van der Waals surface area contributed by atoms with E-state index in [1.165, 1.54) is 17.4 Å². The normalized spacial score (nSPS) is 22.0. The van der Waals surface area contributed by atoms with E-state index < -0.39 is 144 Å². The highest BCUT2D eigenvalue weighted by atomic mass is 33.1. The molecule has 20 N–H and O–H groups in total. The van der Waals surface area contributed by atoms with Crippen LogP contribution in [-0.2, 0) is 76.8 Å². The van der Waals surface area contributed by atoms with Crippen LogP contribution in [0.15, 0.2) is 78.3 Å². The number of hydrogen-bond acceptors (Lipinski definition) is 17. The fraction of sp³-hybridized carbons (Fsp3) is 0.508. The van der Waals surface area contributed by atoms with Gasteiger partial charge in [-0.3, -0.25) is 62.5 Å². The Morgan fingerprint density at radius 3 is 1.97 bits per heavy atom. The van der Waals surface area contributed by atoms with Gasteiger partial charge in [0, 0.05) is 86.2 Å². The molecule has 0 aliphatic carbocycles. The molecule has 2 aromatic heterocycles. The lowest BCUT2D eigenvalue weighted by Gasteiger charge is -2.31. The van der Waals surface area contributed by atoms with Gasteiger partial charge in [-0.1, -0.05) is 84.0 Å². The number of benzene rings is 2. The topological polar surface area (TPSA) is 497 Å². The Labute approximate surface area is 550 Å². The maximum atomic E-state index is 15.3. The van der Waals surface area contributed by atoms with Crippen molar-refractivity contribution in [2.24, 2.45) is 33.8 Å². The monoisotopic (exact) mass is 1340 g/mol. The van der Waals surface area contributed by atoms with Crippen LogP contribution in [-0.4, -0.2) is 193 Å². The van der Waals surface area contributed by atoms with Gasteiger partial charge >= 0.3 is 5.97 Å². The number of nitrogens with one attached hydrogen (secondary N) is 11. The molecule has 10 atom stereocenters. The maximum Gasteiger partial charge on any atom is 0.303 e. The molecule has 2 aliphatic heterocycles. The van der Waals surface area contributed by atoms with E-state index in [1.54, 1.807) is 74.6 Å². The molecule has 4 aromatic rings. The van der Waals surface area contributed by atoms with Crippen LogP contribution in [0.5, 0.6) is 0 Å². The number of carbonyl (C=O) groups excluding carboxylic acids is 11. The smallest absolute Gasteiger partial charge is 0.303 e. The number of fused-ring (bicyclic) bond motifs is 1. The van der Waals surface area contributed by atoms with Crippen molar-refractivity contribution in [2.45, 2.75) is 158 Å². The van der Waals surface area contributed by atoms with E-state index in [1.807, 2.05) is 0 Å². The number of carboxylic acid groups (broad SMARTS) is 1. The number of aromatic amines is 2. The molecule has 4 heterocycles. The van der Waals surface area contributed by atoms with E-state index in [0.717, 1.165) is 28.5 Å². The molecule has 2 aliphatic rings. The molecule has 0 spiro atoms. The highest BCUT2D eigenvalue weighted by Gasteiger charge is 2.41. The number of carbonyl (C=O) groups is 12. The van der Waals surface area contributed by atoms with Gasteiger partial charge in [-0.25, -0.2) is 4.98 Å². The Bertz CT molecular complexity index is 3310.